The lowest BCUT2D eigenvalue weighted by molar-refractivity contribution is 0.173. The lowest BCUT2D eigenvalue weighted by atomic mass is 10.1. The van der Waals surface area contributed by atoms with E-state index in [9.17, 15) is 0 Å². The summed E-state index contributed by atoms with van der Waals surface area (Å²) in [6, 6.07) is 11.7. The van der Waals surface area contributed by atoms with Gasteiger partial charge >= 0.3 is 0 Å². The van der Waals surface area contributed by atoms with E-state index in [1.54, 1.807) is 0 Å². The molecule has 3 nitrogen and oxygen atoms in total. The molecule has 0 spiro atoms. The second kappa shape index (κ2) is 6.04. The minimum absolute atomic E-state index is 0.298. The van der Waals surface area contributed by atoms with Gasteiger partial charge in [0.1, 0.15) is 0 Å². The Bertz CT molecular complexity index is 633. The van der Waals surface area contributed by atoms with Crippen LogP contribution in [0, 0.1) is 0 Å². The van der Waals surface area contributed by atoms with Crippen molar-refractivity contribution in [3.63, 3.8) is 0 Å². The quantitative estimate of drug-likeness (QED) is 0.896. The van der Waals surface area contributed by atoms with E-state index in [4.69, 9.17) is 21.1 Å². The number of hydrogen-bond acceptors (Lipinski definition) is 3. The molecule has 1 aliphatic heterocycles. The van der Waals surface area contributed by atoms with Gasteiger partial charge in [-0.1, -0.05) is 39.7 Å². The van der Waals surface area contributed by atoms with Gasteiger partial charge in [-0.15, -0.1) is 0 Å². The van der Waals surface area contributed by atoms with Crippen LogP contribution in [-0.4, -0.2) is 6.79 Å². The van der Waals surface area contributed by atoms with Gasteiger partial charge in [-0.25, -0.2) is 0 Å². The molecular weight excluding hydrogens is 342 g/mol. The maximum Gasteiger partial charge on any atom is 0.231 e. The summed E-state index contributed by atoms with van der Waals surface area (Å²) in [5, 5.41) is 4.13. The molecule has 0 radical (unpaired) electrons. The highest BCUT2D eigenvalue weighted by Gasteiger charge is 2.16. The number of benzene rings is 2. The van der Waals surface area contributed by atoms with Crippen molar-refractivity contribution in [3.05, 3.63) is 57.0 Å². The summed E-state index contributed by atoms with van der Waals surface area (Å²) in [7, 11) is 0. The predicted molar refractivity (Wildman–Crippen MR) is 82.3 cm³/mol. The molecule has 0 amide bonds. The van der Waals surface area contributed by atoms with Crippen molar-refractivity contribution in [2.45, 2.75) is 13.1 Å². The van der Waals surface area contributed by atoms with Crippen LogP contribution in [0.3, 0.4) is 0 Å². The molecule has 104 valence electrons. The zero-order chi connectivity index (χ0) is 13.9. The van der Waals surface area contributed by atoms with E-state index in [0.29, 0.717) is 13.3 Å². The van der Waals surface area contributed by atoms with E-state index < -0.39 is 0 Å². The first-order valence-corrected chi connectivity index (χ1v) is 7.43. The fraction of sp³-hybridized carbons (Fsp3) is 0.200. The summed E-state index contributed by atoms with van der Waals surface area (Å²) in [6.45, 7) is 1.74. The third-order valence-electron chi connectivity index (χ3n) is 3.12. The van der Waals surface area contributed by atoms with Crippen LogP contribution in [0.15, 0.2) is 40.9 Å². The van der Waals surface area contributed by atoms with Gasteiger partial charge in [-0.05, 0) is 29.8 Å². The molecule has 0 atom stereocenters. The largest absolute Gasteiger partial charge is 0.454 e. The van der Waals surface area contributed by atoms with Crippen molar-refractivity contribution in [1.82, 2.24) is 5.32 Å². The first kappa shape index (κ1) is 13.7. The Kier molecular flexibility index (Phi) is 4.15. The average molecular weight is 355 g/mol. The van der Waals surface area contributed by atoms with Crippen LogP contribution in [0.1, 0.15) is 11.1 Å². The van der Waals surface area contributed by atoms with Crippen molar-refractivity contribution in [2.24, 2.45) is 0 Å². The summed E-state index contributed by atoms with van der Waals surface area (Å²) in [4.78, 5) is 0. The molecule has 0 bridgehead atoms. The van der Waals surface area contributed by atoms with Gasteiger partial charge in [-0.3, -0.25) is 0 Å². The number of halogens is 2. The minimum Gasteiger partial charge on any atom is -0.454 e. The fourth-order valence-electron chi connectivity index (χ4n) is 2.14. The second-order valence-corrected chi connectivity index (χ2v) is 5.78. The van der Waals surface area contributed by atoms with Crippen LogP contribution in [0.2, 0.25) is 5.02 Å². The monoisotopic (exact) mass is 353 g/mol. The molecule has 0 aliphatic carbocycles. The Morgan fingerprint density at radius 1 is 1.10 bits per heavy atom. The number of nitrogens with one attached hydrogen (secondary N) is 1. The normalized spacial score (nSPS) is 12.7. The average Bonchev–Trinajstić information content (AvgIpc) is 2.92. The third-order valence-corrected chi connectivity index (χ3v) is 4.13. The second-order valence-electron chi connectivity index (χ2n) is 4.49. The molecular formula is C15H13BrClNO2. The summed E-state index contributed by atoms with van der Waals surface area (Å²) in [5.41, 5.74) is 2.22. The zero-order valence-corrected chi connectivity index (χ0v) is 13.0. The third kappa shape index (κ3) is 2.92. The van der Waals surface area contributed by atoms with E-state index in [2.05, 4.69) is 21.2 Å². The number of fused-ring (bicyclic) bond motifs is 1. The van der Waals surface area contributed by atoms with E-state index in [1.807, 2.05) is 36.4 Å². The molecule has 0 aromatic heterocycles. The molecule has 1 N–H and O–H groups in total. The lowest BCUT2D eigenvalue weighted by Crippen LogP contribution is -2.13. The standard InChI is InChI=1S/C15H13BrClNO2/c16-13-5-4-12(17)6-11(13)8-18-7-10-2-1-3-14-15(10)20-9-19-14/h1-6,18H,7-9H2. The molecule has 0 fully saturated rings. The van der Waals surface area contributed by atoms with E-state index in [1.165, 1.54) is 0 Å². The SMILES string of the molecule is Clc1ccc(Br)c(CNCc2cccc3c2OCO3)c1. The number of para-hydroxylation sites is 1. The molecule has 5 heteroatoms. The number of rotatable bonds is 4. The summed E-state index contributed by atoms with van der Waals surface area (Å²) in [6.07, 6.45) is 0. The highest BCUT2D eigenvalue weighted by molar-refractivity contribution is 9.10. The first-order valence-electron chi connectivity index (χ1n) is 6.26. The molecule has 1 aliphatic rings. The summed E-state index contributed by atoms with van der Waals surface area (Å²) < 4.78 is 11.9. The van der Waals surface area contributed by atoms with Gasteiger partial charge in [-0.2, -0.15) is 0 Å². The van der Waals surface area contributed by atoms with E-state index in [0.717, 1.165) is 38.7 Å². The van der Waals surface area contributed by atoms with Crippen LogP contribution >= 0.6 is 27.5 Å². The van der Waals surface area contributed by atoms with E-state index >= 15 is 0 Å². The van der Waals surface area contributed by atoms with Crippen molar-refractivity contribution in [1.29, 1.82) is 0 Å². The predicted octanol–water partition coefficient (Wildman–Crippen LogP) is 4.12. The topological polar surface area (TPSA) is 30.5 Å². The molecule has 0 saturated heterocycles. The van der Waals surface area contributed by atoms with Crippen molar-refractivity contribution < 1.29 is 9.47 Å². The highest BCUT2D eigenvalue weighted by Crippen LogP contribution is 2.35. The smallest absolute Gasteiger partial charge is 0.231 e. The van der Waals surface area contributed by atoms with Crippen LogP contribution in [-0.2, 0) is 13.1 Å². The Morgan fingerprint density at radius 2 is 1.95 bits per heavy atom. The van der Waals surface area contributed by atoms with Gasteiger partial charge in [0, 0.05) is 28.1 Å². The first-order chi connectivity index (χ1) is 9.74. The van der Waals surface area contributed by atoms with Gasteiger partial charge in [0.25, 0.3) is 0 Å². The molecule has 2 aromatic rings. The fourth-order valence-corrected chi connectivity index (χ4v) is 2.72. The van der Waals surface area contributed by atoms with Crippen LogP contribution in [0.4, 0.5) is 0 Å². The Labute approximate surface area is 131 Å². The lowest BCUT2D eigenvalue weighted by Gasteiger charge is -2.09. The van der Waals surface area contributed by atoms with E-state index in [-0.39, 0.29) is 0 Å². The van der Waals surface area contributed by atoms with Crippen LogP contribution in [0.5, 0.6) is 11.5 Å². The molecule has 20 heavy (non-hydrogen) atoms. The summed E-state index contributed by atoms with van der Waals surface area (Å²) in [5.74, 6) is 1.65. The van der Waals surface area contributed by atoms with Gasteiger partial charge < -0.3 is 14.8 Å². The zero-order valence-electron chi connectivity index (χ0n) is 10.7. The molecule has 1 heterocycles. The molecule has 0 unspecified atom stereocenters. The number of ether oxygens (including phenoxy) is 2. The maximum absolute atomic E-state index is 6.00. The van der Waals surface area contributed by atoms with Crippen LogP contribution in [0.25, 0.3) is 0 Å². The van der Waals surface area contributed by atoms with Crippen molar-refractivity contribution >= 4 is 27.5 Å². The van der Waals surface area contributed by atoms with Gasteiger partial charge in [0.2, 0.25) is 6.79 Å². The molecule has 2 aromatic carbocycles. The van der Waals surface area contributed by atoms with Gasteiger partial charge in [0.15, 0.2) is 11.5 Å². The maximum atomic E-state index is 6.00. The Morgan fingerprint density at radius 3 is 2.85 bits per heavy atom. The van der Waals surface area contributed by atoms with Crippen molar-refractivity contribution in [2.75, 3.05) is 6.79 Å². The van der Waals surface area contributed by atoms with Crippen molar-refractivity contribution in [3.8, 4) is 11.5 Å². The minimum atomic E-state index is 0.298. The van der Waals surface area contributed by atoms with Gasteiger partial charge in [0.05, 0.1) is 0 Å². The Hall–Kier alpha value is -1.23. The van der Waals surface area contributed by atoms with Crippen LogP contribution < -0.4 is 14.8 Å². The Balaban J connectivity index is 1.66. The summed E-state index contributed by atoms with van der Waals surface area (Å²) >= 11 is 9.53. The number of hydrogen-bond donors (Lipinski definition) is 1. The molecule has 3 rings (SSSR count). The highest BCUT2D eigenvalue weighted by atomic mass is 79.9. The molecule has 0 saturated carbocycles.